The normalized spacial score (nSPS) is 22.4. The molecule has 3 rings (SSSR count). The number of carbonyl (C=O) groups is 2. The van der Waals surface area contributed by atoms with Gasteiger partial charge in [-0.05, 0) is 36.1 Å². The van der Waals surface area contributed by atoms with Crippen molar-refractivity contribution in [1.82, 2.24) is 0 Å². The van der Waals surface area contributed by atoms with Gasteiger partial charge in [-0.2, -0.15) is 0 Å². The zero-order chi connectivity index (χ0) is 14.1. The highest BCUT2D eigenvalue weighted by Gasteiger charge is 2.32. The molecule has 5 heteroatoms. The van der Waals surface area contributed by atoms with Crippen molar-refractivity contribution < 1.29 is 19.4 Å². The van der Waals surface area contributed by atoms with Gasteiger partial charge in [0.1, 0.15) is 11.9 Å². The molecular formula is C15H17NO4. The van der Waals surface area contributed by atoms with Gasteiger partial charge in [-0.1, -0.05) is 6.07 Å². The summed E-state index contributed by atoms with van der Waals surface area (Å²) in [6.45, 7) is 0.174. The lowest BCUT2D eigenvalue weighted by atomic mass is 10.0. The van der Waals surface area contributed by atoms with E-state index in [1.165, 1.54) is 10.5 Å². The Morgan fingerprint density at radius 2 is 2.10 bits per heavy atom. The van der Waals surface area contributed by atoms with Crippen LogP contribution in [0.4, 0.5) is 10.5 Å². The minimum atomic E-state index is -0.469. The monoisotopic (exact) mass is 275 g/mol. The Morgan fingerprint density at radius 1 is 1.25 bits per heavy atom. The van der Waals surface area contributed by atoms with E-state index in [0.717, 1.165) is 24.1 Å². The third kappa shape index (κ3) is 2.41. The van der Waals surface area contributed by atoms with Crippen LogP contribution in [0.3, 0.4) is 0 Å². The molecule has 1 atom stereocenters. The molecule has 0 spiro atoms. The first-order valence-corrected chi connectivity index (χ1v) is 6.90. The minimum absolute atomic E-state index is 0.175. The number of aliphatic hydroxyl groups excluding tert-OH is 1. The van der Waals surface area contributed by atoms with Crippen LogP contribution in [0.2, 0.25) is 0 Å². The number of nitrogens with zero attached hydrogens (tertiary/aromatic N) is 1. The number of aliphatic hydroxyl groups is 1. The van der Waals surface area contributed by atoms with E-state index in [-0.39, 0.29) is 12.4 Å². The molecule has 1 amide bonds. The smallest absolute Gasteiger partial charge is 0.414 e. The standard InChI is InChI=1S/C15H17NO4/c17-9-14-8-16(15(19)20-14)12-5-4-10-2-1-3-13(18)7-11(10)6-12/h4-6,14,17H,1-3,7-9H2. The summed E-state index contributed by atoms with van der Waals surface area (Å²) >= 11 is 0. The third-order valence-corrected chi connectivity index (χ3v) is 3.87. The fourth-order valence-electron chi connectivity index (χ4n) is 2.79. The van der Waals surface area contributed by atoms with E-state index >= 15 is 0 Å². The van der Waals surface area contributed by atoms with Crippen LogP contribution in [0.1, 0.15) is 24.0 Å². The number of benzene rings is 1. The molecule has 1 N–H and O–H groups in total. The van der Waals surface area contributed by atoms with E-state index in [2.05, 4.69) is 0 Å². The van der Waals surface area contributed by atoms with Crippen LogP contribution in [0.5, 0.6) is 0 Å². The zero-order valence-electron chi connectivity index (χ0n) is 11.2. The lowest BCUT2D eigenvalue weighted by molar-refractivity contribution is -0.118. The quantitative estimate of drug-likeness (QED) is 0.830. The van der Waals surface area contributed by atoms with Crippen LogP contribution < -0.4 is 4.90 Å². The maximum absolute atomic E-state index is 11.8. The molecular weight excluding hydrogens is 258 g/mol. The van der Waals surface area contributed by atoms with E-state index < -0.39 is 12.2 Å². The molecule has 1 aliphatic carbocycles. The maximum atomic E-state index is 11.8. The fourth-order valence-corrected chi connectivity index (χ4v) is 2.79. The van der Waals surface area contributed by atoms with Gasteiger partial charge in [0.2, 0.25) is 0 Å². The molecule has 1 heterocycles. The van der Waals surface area contributed by atoms with Crippen LogP contribution in [-0.4, -0.2) is 36.2 Å². The Hall–Kier alpha value is -1.88. The Balaban J connectivity index is 1.88. The summed E-state index contributed by atoms with van der Waals surface area (Å²) in [5, 5.41) is 9.06. The first-order valence-electron chi connectivity index (χ1n) is 6.90. The number of ketones is 1. The minimum Gasteiger partial charge on any atom is -0.441 e. The highest BCUT2D eigenvalue weighted by Crippen LogP contribution is 2.27. The van der Waals surface area contributed by atoms with E-state index in [0.29, 0.717) is 19.4 Å². The first kappa shape index (κ1) is 13.1. The molecule has 5 nitrogen and oxygen atoms in total. The number of anilines is 1. The Kier molecular flexibility index (Phi) is 3.44. The number of Topliss-reactive ketones (excluding diaryl/α,β-unsaturated/α-hetero) is 1. The molecule has 2 aliphatic rings. The molecule has 106 valence electrons. The molecule has 1 saturated heterocycles. The van der Waals surface area contributed by atoms with Gasteiger partial charge >= 0.3 is 6.09 Å². The van der Waals surface area contributed by atoms with Gasteiger partial charge in [-0.15, -0.1) is 0 Å². The van der Waals surface area contributed by atoms with Crippen molar-refractivity contribution in [2.45, 2.75) is 31.8 Å². The van der Waals surface area contributed by atoms with Crippen LogP contribution in [0.15, 0.2) is 18.2 Å². The van der Waals surface area contributed by atoms with Gasteiger partial charge in [-0.25, -0.2) is 4.79 Å². The van der Waals surface area contributed by atoms with Crippen LogP contribution in [-0.2, 0) is 22.4 Å². The number of amides is 1. The fraction of sp³-hybridized carbons (Fsp3) is 0.467. The number of aryl methyl sites for hydroxylation is 1. The van der Waals surface area contributed by atoms with Gasteiger partial charge in [0.15, 0.2) is 0 Å². The largest absolute Gasteiger partial charge is 0.441 e. The molecule has 0 aromatic heterocycles. The molecule has 20 heavy (non-hydrogen) atoms. The average molecular weight is 275 g/mol. The summed E-state index contributed by atoms with van der Waals surface area (Å²) in [5.74, 6) is 0.248. The Labute approximate surface area is 117 Å². The van der Waals surface area contributed by atoms with Crippen molar-refractivity contribution in [3.8, 4) is 0 Å². The van der Waals surface area contributed by atoms with Gasteiger partial charge in [0.25, 0.3) is 0 Å². The van der Waals surface area contributed by atoms with Crippen molar-refractivity contribution in [3.05, 3.63) is 29.3 Å². The lowest BCUT2D eigenvalue weighted by Crippen LogP contribution is -2.25. The lowest BCUT2D eigenvalue weighted by Gasteiger charge is -2.15. The molecule has 0 bridgehead atoms. The van der Waals surface area contributed by atoms with Crippen molar-refractivity contribution in [2.24, 2.45) is 0 Å². The van der Waals surface area contributed by atoms with Crippen LogP contribution >= 0.6 is 0 Å². The van der Waals surface area contributed by atoms with E-state index in [9.17, 15) is 9.59 Å². The van der Waals surface area contributed by atoms with Gasteiger partial charge < -0.3 is 9.84 Å². The number of hydrogen-bond donors (Lipinski definition) is 1. The second-order valence-electron chi connectivity index (χ2n) is 5.32. The topological polar surface area (TPSA) is 66.8 Å². The van der Waals surface area contributed by atoms with Crippen molar-refractivity contribution in [2.75, 3.05) is 18.1 Å². The highest BCUT2D eigenvalue weighted by atomic mass is 16.6. The summed E-state index contributed by atoms with van der Waals surface area (Å²) in [6.07, 6.45) is 1.96. The predicted octanol–water partition coefficient (Wildman–Crippen LogP) is 1.45. The number of fused-ring (bicyclic) bond motifs is 1. The Morgan fingerprint density at radius 3 is 2.85 bits per heavy atom. The van der Waals surface area contributed by atoms with Gasteiger partial charge in [0.05, 0.1) is 13.2 Å². The number of carbonyl (C=O) groups excluding carboxylic acids is 2. The van der Waals surface area contributed by atoms with E-state index in [4.69, 9.17) is 9.84 Å². The Bertz CT molecular complexity index is 555. The molecule has 1 aromatic carbocycles. The summed E-state index contributed by atoms with van der Waals surface area (Å²) in [7, 11) is 0. The number of cyclic esters (lactones) is 1. The SMILES string of the molecule is O=C1CCCc2ccc(N3CC(CO)OC3=O)cc2C1. The van der Waals surface area contributed by atoms with Crippen LogP contribution in [0, 0.1) is 0 Å². The number of ether oxygens (including phenoxy) is 1. The molecule has 1 aromatic rings. The van der Waals surface area contributed by atoms with Gasteiger partial charge in [0, 0.05) is 18.5 Å². The van der Waals surface area contributed by atoms with E-state index in [1.54, 1.807) is 0 Å². The molecule has 0 saturated carbocycles. The summed E-state index contributed by atoms with van der Waals surface area (Å²) < 4.78 is 5.04. The summed E-state index contributed by atoms with van der Waals surface area (Å²) in [4.78, 5) is 25.0. The number of rotatable bonds is 2. The van der Waals surface area contributed by atoms with Crippen molar-refractivity contribution in [1.29, 1.82) is 0 Å². The molecule has 1 fully saturated rings. The second kappa shape index (κ2) is 5.25. The first-order chi connectivity index (χ1) is 9.67. The third-order valence-electron chi connectivity index (χ3n) is 3.87. The second-order valence-corrected chi connectivity index (χ2v) is 5.32. The summed E-state index contributed by atoms with van der Waals surface area (Å²) in [5.41, 5.74) is 2.93. The summed E-state index contributed by atoms with van der Waals surface area (Å²) in [6, 6.07) is 5.78. The maximum Gasteiger partial charge on any atom is 0.414 e. The van der Waals surface area contributed by atoms with Gasteiger partial charge in [-0.3, -0.25) is 9.69 Å². The van der Waals surface area contributed by atoms with Crippen molar-refractivity contribution in [3.63, 3.8) is 0 Å². The molecule has 0 radical (unpaired) electrons. The zero-order valence-corrected chi connectivity index (χ0v) is 11.2. The number of hydrogen-bond acceptors (Lipinski definition) is 4. The van der Waals surface area contributed by atoms with Crippen LogP contribution in [0.25, 0.3) is 0 Å². The predicted molar refractivity (Wildman–Crippen MR) is 72.8 cm³/mol. The average Bonchev–Trinajstić information content (AvgIpc) is 2.71. The highest BCUT2D eigenvalue weighted by molar-refractivity contribution is 5.90. The molecule has 1 aliphatic heterocycles. The van der Waals surface area contributed by atoms with E-state index in [1.807, 2.05) is 18.2 Å². The molecule has 1 unspecified atom stereocenters. The van der Waals surface area contributed by atoms with Crippen molar-refractivity contribution >= 4 is 17.6 Å².